The van der Waals surface area contributed by atoms with E-state index in [4.69, 9.17) is 5.26 Å². The first-order chi connectivity index (χ1) is 15.0. The number of benzene rings is 2. The smallest absolute Gasteiger partial charge is 0.253 e. The Balaban J connectivity index is 1.40. The molecule has 3 heterocycles. The fourth-order valence-electron chi connectivity index (χ4n) is 4.87. The zero-order chi connectivity index (χ0) is 21.6. The highest BCUT2D eigenvalue weighted by Crippen LogP contribution is 2.44. The van der Waals surface area contributed by atoms with Crippen LogP contribution in [0.2, 0.25) is 0 Å². The van der Waals surface area contributed by atoms with E-state index in [0.29, 0.717) is 30.1 Å². The van der Waals surface area contributed by atoms with Crippen molar-refractivity contribution in [1.82, 2.24) is 9.47 Å². The summed E-state index contributed by atoms with van der Waals surface area (Å²) in [7, 11) is 0. The molecule has 0 bridgehead atoms. The number of nitrogens with zero attached hydrogens (tertiary/aromatic N) is 3. The molecular formula is C26H26N4O. The molecule has 2 aliphatic rings. The van der Waals surface area contributed by atoms with Gasteiger partial charge in [0.25, 0.3) is 5.91 Å². The summed E-state index contributed by atoms with van der Waals surface area (Å²) < 4.78 is 2.30. The van der Waals surface area contributed by atoms with Crippen molar-refractivity contribution in [3.63, 3.8) is 0 Å². The Bertz CT molecular complexity index is 1170. The minimum atomic E-state index is -0.173. The first-order valence-corrected chi connectivity index (χ1v) is 10.9. The molecule has 1 amide bonds. The van der Waals surface area contributed by atoms with Crippen LogP contribution in [0, 0.1) is 11.3 Å². The molecule has 2 aromatic carbocycles. The SMILES string of the molecule is CC(C)c1ccc2c(c1)NC1(CCN(C(=O)c3ccc(C#N)cc3)CC1)c1cccn1-2. The van der Waals surface area contributed by atoms with Gasteiger partial charge in [0.05, 0.1) is 28.5 Å². The second kappa shape index (κ2) is 7.31. The monoisotopic (exact) mass is 410 g/mol. The third-order valence-electron chi connectivity index (χ3n) is 6.72. The predicted molar refractivity (Wildman–Crippen MR) is 121 cm³/mol. The van der Waals surface area contributed by atoms with Gasteiger partial charge in [0, 0.05) is 30.5 Å². The number of likely N-dealkylation sites (tertiary alicyclic amines) is 1. The highest BCUT2D eigenvalue weighted by Gasteiger charge is 2.42. The van der Waals surface area contributed by atoms with Gasteiger partial charge in [0.2, 0.25) is 0 Å². The number of aromatic nitrogens is 1. The molecule has 0 aliphatic carbocycles. The second-order valence-electron chi connectivity index (χ2n) is 8.88. The summed E-state index contributed by atoms with van der Waals surface area (Å²) in [5, 5.41) is 12.9. The summed E-state index contributed by atoms with van der Waals surface area (Å²) in [5.74, 6) is 0.508. The van der Waals surface area contributed by atoms with Gasteiger partial charge in [-0.2, -0.15) is 5.26 Å². The lowest BCUT2D eigenvalue weighted by atomic mass is 9.82. The molecule has 0 atom stereocenters. The predicted octanol–water partition coefficient (Wildman–Crippen LogP) is 5.03. The largest absolute Gasteiger partial charge is 0.372 e. The Labute approximate surface area is 182 Å². The zero-order valence-electron chi connectivity index (χ0n) is 17.9. The van der Waals surface area contributed by atoms with Crippen LogP contribution in [0.4, 0.5) is 5.69 Å². The molecule has 1 saturated heterocycles. The van der Waals surface area contributed by atoms with E-state index < -0.39 is 0 Å². The molecule has 1 fully saturated rings. The fraction of sp³-hybridized carbons (Fsp3) is 0.308. The highest BCUT2D eigenvalue weighted by atomic mass is 16.2. The van der Waals surface area contributed by atoms with Gasteiger partial charge < -0.3 is 14.8 Å². The van der Waals surface area contributed by atoms with E-state index in [9.17, 15) is 4.79 Å². The van der Waals surface area contributed by atoms with Gasteiger partial charge in [0.15, 0.2) is 0 Å². The number of amides is 1. The Morgan fingerprint density at radius 1 is 1.10 bits per heavy atom. The van der Waals surface area contributed by atoms with E-state index in [1.165, 1.54) is 22.6 Å². The van der Waals surface area contributed by atoms with E-state index in [1.54, 1.807) is 24.3 Å². The molecular weight excluding hydrogens is 384 g/mol. The van der Waals surface area contributed by atoms with Crippen molar-refractivity contribution >= 4 is 11.6 Å². The average Bonchev–Trinajstić information content (AvgIpc) is 3.30. The lowest BCUT2D eigenvalue weighted by molar-refractivity contribution is 0.0676. The summed E-state index contributed by atoms with van der Waals surface area (Å²) in [4.78, 5) is 14.9. The number of hydrogen-bond donors (Lipinski definition) is 1. The molecule has 2 aliphatic heterocycles. The molecule has 156 valence electrons. The van der Waals surface area contributed by atoms with Gasteiger partial charge >= 0.3 is 0 Å². The van der Waals surface area contributed by atoms with Crippen LogP contribution >= 0.6 is 0 Å². The number of rotatable bonds is 2. The summed E-state index contributed by atoms with van der Waals surface area (Å²) in [6.07, 6.45) is 3.84. The lowest BCUT2D eigenvalue weighted by Crippen LogP contribution is -2.51. The number of carbonyl (C=O) groups is 1. The van der Waals surface area contributed by atoms with Gasteiger partial charge in [-0.25, -0.2) is 0 Å². The third-order valence-corrected chi connectivity index (χ3v) is 6.72. The Hall–Kier alpha value is -3.52. The van der Waals surface area contributed by atoms with Crippen LogP contribution < -0.4 is 5.32 Å². The number of carbonyl (C=O) groups excluding carboxylic acids is 1. The number of fused-ring (bicyclic) bond motifs is 4. The number of hydrogen-bond acceptors (Lipinski definition) is 3. The minimum absolute atomic E-state index is 0.0352. The van der Waals surface area contributed by atoms with Crippen molar-refractivity contribution in [3.8, 4) is 11.8 Å². The lowest BCUT2D eigenvalue weighted by Gasteiger charge is -2.46. The maximum Gasteiger partial charge on any atom is 0.253 e. The number of nitriles is 1. The van der Waals surface area contributed by atoms with Crippen LogP contribution in [0.5, 0.6) is 0 Å². The first-order valence-electron chi connectivity index (χ1n) is 10.9. The maximum absolute atomic E-state index is 13.0. The van der Waals surface area contributed by atoms with Crippen molar-refractivity contribution in [3.05, 3.63) is 83.2 Å². The molecule has 1 spiro atoms. The van der Waals surface area contributed by atoms with Crippen molar-refractivity contribution in [2.45, 2.75) is 38.1 Å². The molecule has 1 N–H and O–H groups in total. The van der Waals surface area contributed by atoms with Gasteiger partial charge in [-0.15, -0.1) is 0 Å². The van der Waals surface area contributed by atoms with E-state index >= 15 is 0 Å². The van der Waals surface area contributed by atoms with E-state index in [0.717, 1.165) is 12.8 Å². The van der Waals surface area contributed by atoms with Gasteiger partial charge in [-0.3, -0.25) is 4.79 Å². The van der Waals surface area contributed by atoms with Gasteiger partial charge in [-0.05, 0) is 72.9 Å². The standard InChI is InChI=1S/C26H26N4O/c1-18(2)21-9-10-23-22(16-21)28-26(24-4-3-13-30(23)24)11-14-29(15-12-26)25(31)20-7-5-19(17-27)6-8-20/h3-10,13,16,18,28H,11-12,14-15H2,1-2H3. The molecule has 5 nitrogen and oxygen atoms in total. The fourth-order valence-corrected chi connectivity index (χ4v) is 4.87. The molecule has 0 radical (unpaired) electrons. The normalized spacial score (nSPS) is 16.4. The molecule has 1 aromatic heterocycles. The molecule has 5 rings (SSSR count). The van der Waals surface area contributed by atoms with Crippen LogP contribution in [0.25, 0.3) is 5.69 Å². The van der Waals surface area contributed by atoms with Crippen molar-refractivity contribution in [2.75, 3.05) is 18.4 Å². The highest BCUT2D eigenvalue weighted by molar-refractivity contribution is 5.94. The summed E-state index contributed by atoms with van der Waals surface area (Å²) >= 11 is 0. The molecule has 3 aromatic rings. The van der Waals surface area contributed by atoms with Gasteiger partial charge in [-0.1, -0.05) is 19.9 Å². The van der Waals surface area contributed by atoms with Crippen LogP contribution in [0.1, 0.15) is 59.8 Å². The Morgan fingerprint density at radius 2 is 1.84 bits per heavy atom. The minimum Gasteiger partial charge on any atom is -0.372 e. The summed E-state index contributed by atoms with van der Waals surface area (Å²) in [6, 6.07) is 20.0. The molecule has 0 unspecified atom stereocenters. The van der Waals surface area contributed by atoms with Crippen molar-refractivity contribution in [1.29, 1.82) is 5.26 Å². The summed E-state index contributed by atoms with van der Waals surface area (Å²) in [5.41, 5.74) is 5.98. The Morgan fingerprint density at radius 3 is 2.52 bits per heavy atom. The van der Waals surface area contributed by atoms with Crippen LogP contribution in [-0.2, 0) is 5.54 Å². The third kappa shape index (κ3) is 3.19. The van der Waals surface area contributed by atoms with E-state index in [2.05, 4.69) is 66.3 Å². The molecule has 31 heavy (non-hydrogen) atoms. The van der Waals surface area contributed by atoms with Crippen molar-refractivity contribution in [2.24, 2.45) is 0 Å². The quantitative estimate of drug-likeness (QED) is 0.645. The van der Waals surface area contributed by atoms with Crippen molar-refractivity contribution < 1.29 is 4.79 Å². The van der Waals surface area contributed by atoms with E-state index in [-0.39, 0.29) is 11.4 Å². The van der Waals surface area contributed by atoms with E-state index in [1.807, 2.05) is 4.90 Å². The van der Waals surface area contributed by atoms with Gasteiger partial charge in [0.1, 0.15) is 0 Å². The first kappa shape index (κ1) is 19.4. The summed E-state index contributed by atoms with van der Waals surface area (Å²) in [6.45, 7) is 5.82. The number of piperidine rings is 1. The molecule has 0 saturated carbocycles. The average molecular weight is 411 g/mol. The van der Waals surface area contributed by atoms with Crippen LogP contribution in [0.3, 0.4) is 0 Å². The van der Waals surface area contributed by atoms with Crippen LogP contribution in [-0.4, -0.2) is 28.5 Å². The number of nitrogens with one attached hydrogen (secondary N) is 1. The molecule has 5 heteroatoms. The topological polar surface area (TPSA) is 61.1 Å². The zero-order valence-corrected chi connectivity index (χ0v) is 17.9. The number of anilines is 1. The maximum atomic E-state index is 13.0. The second-order valence-corrected chi connectivity index (χ2v) is 8.88. The van der Waals surface area contributed by atoms with Crippen LogP contribution in [0.15, 0.2) is 60.8 Å². The Kier molecular flexibility index (Phi) is 4.59.